The van der Waals surface area contributed by atoms with Crippen LogP contribution < -0.4 is 5.32 Å². The van der Waals surface area contributed by atoms with E-state index in [4.69, 9.17) is 0 Å². The van der Waals surface area contributed by atoms with Gasteiger partial charge in [0.15, 0.2) is 0 Å². The molecule has 1 rings (SSSR count). The van der Waals surface area contributed by atoms with Crippen molar-refractivity contribution < 1.29 is 0 Å². The Morgan fingerprint density at radius 1 is 1.46 bits per heavy atom. The Morgan fingerprint density at radius 2 is 2.15 bits per heavy atom. The lowest BCUT2D eigenvalue weighted by atomic mass is 10.1. The quantitative estimate of drug-likeness (QED) is 0.764. The third-order valence-electron chi connectivity index (χ3n) is 2.37. The lowest BCUT2D eigenvalue weighted by molar-refractivity contribution is 0.423. The Labute approximate surface area is 80.1 Å². The zero-order valence-corrected chi connectivity index (χ0v) is 8.91. The van der Waals surface area contributed by atoms with Gasteiger partial charge in [0.2, 0.25) is 0 Å². The topological polar surface area (TPSA) is 29.9 Å². The summed E-state index contributed by atoms with van der Waals surface area (Å²) in [6.07, 6.45) is 1.97. The molecule has 1 unspecified atom stereocenters. The molecule has 0 saturated heterocycles. The fourth-order valence-electron chi connectivity index (χ4n) is 1.06. The van der Waals surface area contributed by atoms with E-state index in [0.717, 1.165) is 12.2 Å². The standard InChI is InChI=1S/C10H19N3/c1-8(2)9(3)11-7-10-5-6-13(4)12-10/h5-6,8-9,11H,7H2,1-4H3. The minimum Gasteiger partial charge on any atom is -0.308 e. The molecule has 0 amide bonds. The van der Waals surface area contributed by atoms with Crippen molar-refractivity contribution in [1.82, 2.24) is 15.1 Å². The minimum absolute atomic E-state index is 0.544. The lowest BCUT2D eigenvalue weighted by Gasteiger charge is -2.16. The molecule has 0 spiro atoms. The number of nitrogens with one attached hydrogen (secondary N) is 1. The van der Waals surface area contributed by atoms with Gasteiger partial charge in [0.25, 0.3) is 0 Å². The van der Waals surface area contributed by atoms with Crippen molar-refractivity contribution in [2.24, 2.45) is 13.0 Å². The van der Waals surface area contributed by atoms with Crippen LogP contribution >= 0.6 is 0 Å². The molecule has 1 N–H and O–H groups in total. The van der Waals surface area contributed by atoms with E-state index in [1.807, 2.05) is 24.0 Å². The van der Waals surface area contributed by atoms with Crippen LogP contribution in [0.3, 0.4) is 0 Å². The largest absolute Gasteiger partial charge is 0.308 e. The van der Waals surface area contributed by atoms with Crippen molar-refractivity contribution in [3.63, 3.8) is 0 Å². The summed E-state index contributed by atoms with van der Waals surface area (Å²) in [5.41, 5.74) is 1.11. The highest BCUT2D eigenvalue weighted by atomic mass is 15.3. The summed E-state index contributed by atoms with van der Waals surface area (Å²) in [6.45, 7) is 7.50. The van der Waals surface area contributed by atoms with E-state index in [2.05, 4.69) is 31.2 Å². The summed E-state index contributed by atoms with van der Waals surface area (Å²) in [4.78, 5) is 0. The van der Waals surface area contributed by atoms with Crippen LogP contribution in [0.1, 0.15) is 26.5 Å². The summed E-state index contributed by atoms with van der Waals surface area (Å²) >= 11 is 0. The number of rotatable bonds is 4. The molecule has 3 nitrogen and oxygen atoms in total. The van der Waals surface area contributed by atoms with Crippen molar-refractivity contribution in [1.29, 1.82) is 0 Å². The van der Waals surface area contributed by atoms with E-state index in [0.29, 0.717) is 12.0 Å². The predicted molar refractivity (Wildman–Crippen MR) is 54.3 cm³/mol. The maximum atomic E-state index is 4.30. The normalized spacial score (nSPS) is 13.6. The van der Waals surface area contributed by atoms with Gasteiger partial charge in [0.05, 0.1) is 5.69 Å². The van der Waals surface area contributed by atoms with Gasteiger partial charge in [-0.05, 0) is 18.9 Å². The summed E-state index contributed by atoms with van der Waals surface area (Å²) in [5, 5.41) is 7.73. The molecule has 0 aliphatic carbocycles. The molecule has 1 atom stereocenters. The second-order valence-electron chi connectivity index (χ2n) is 3.89. The average Bonchev–Trinajstić information content (AvgIpc) is 2.47. The highest BCUT2D eigenvalue weighted by Gasteiger charge is 2.06. The Kier molecular flexibility index (Phi) is 3.48. The smallest absolute Gasteiger partial charge is 0.0762 e. The second-order valence-corrected chi connectivity index (χ2v) is 3.89. The molecule has 13 heavy (non-hydrogen) atoms. The third-order valence-corrected chi connectivity index (χ3v) is 2.37. The molecule has 1 heterocycles. The van der Waals surface area contributed by atoms with E-state index in [9.17, 15) is 0 Å². The summed E-state index contributed by atoms with van der Waals surface area (Å²) in [6, 6.07) is 2.59. The Hall–Kier alpha value is -0.830. The Balaban J connectivity index is 2.35. The van der Waals surface area contributed by atoms with E-state index in [1.54, 1.807) is 0 Å². The molecule has 74 valence electrons. The molecular weight excluding hydrogens is 162 g/mol. The fraction of sp³-hybridized carbons (Fsp3) is 0.700. The molecule has 0 aliphatic heterocycles. The summed E-state index contributed by atoms with van der Waals surface area (Å²) in [7, 11) is 1.94. The van der Waals surface area contributed by atoms with Crippen LogP contribution in [0.4, 0.5) is 0 Å². The molecule has 0 fully saturated rings. The van der Waals surface area contributed by atoms with Crippen molar-refractivity contribution >= 4 is 0 Å². The molecule has 0 bridgehead atoms. The molecular formula is C10H19N3. The van der Waals surface area contributed by atoms with Gasteiger partial charge in [-0.15, -0.1) is 0 Å². The van der Waals surface area contributed by atoms with Gasteiger partial charge in [0, 0.05) is 25.8 Å². The van der Waals surface area contributed by atoms with Gasteiger partial charge in [0.1, 0.15) is 0 Å². The SMILES string of the molecule is CC(C)C(C)NCc1ccn(C)n1. The molecule has 0 radical (unpaired) electrons. The van der Waals surface area contributed by atoms with Crippen LogP contribution in [-0.4, -0.2) is 15.8 Å². The predicted octanol–water partition coefficient (Wildman–Crippen LogP) is 1.55. The minimum atomic E-state index is 0.544. The highest BCUT2D eigenvalue weighted by Crippen LogP contribution is 2.01. The zero-order valence-electron chi connectivity index (χ0n) is 8.91. The summed E-state index contributed by atoms with van der Waals surface area (Å²) in [5.74, 6) is 0.670. The van der Waals surface area contributed by atoms with Gasteiger partial charge in [-0.3, -0.25) is 4.68 Å². The Bertz CT molecular complexity index is 252. The Morgan fingerprint density at radius 3 is 2.62 bits per heavy atom. The van der Waals surface area contributed by atoms with Gasteiger partial charge in [-0.2, -0.15) is 5.10 Å². The van der Waals surface area contributed by atoms with E-state index in [1.165, 1.54) is 0 Å². The van der Waals surface area contributed by atoms with Crippen molar-refractivity contribution in [3.05, 3.63) is 18.0 Å². The van der Waals surface area contributed by atoms with Gasteiger partial charge < -0.3 is 5.32 Å². The number of hydrogen-bond acceptors (Lipinski definition) is 2. The molecule has 0 aliphatic rings. The first-order valence-electron chi connectivity index (χ1n) is 4.81. The van der Waals surface area contributed by atoms with E-state index in [-0.39, 0.29) is 0 Å². The third kappa shape index (κ3) is 3.19. The molecule has 1 aromatic heterocycles. The molecule has 0 aromatic carbocycles. The van der Waals surface area contributed by atoms with Crippen LogP contribution in [0.2, 0.25) is 0 Å². The summed E-state index contributed by atoms with van der Waals surface area (Å²) < 4.78 is 1.83. The van der Waals surface area contributed by atoms with Gasteiger partial charge >= 0.3 is 0 Å². The van der Waals surface area contributed by atoms with Crippen LogP contribution in [-0.2, 0) is 13.6 Å². The number of hydrogen-bond donors (Lipinski definition) is 1. The molecule has 0 saturated carbocycles. The van der Waals surface area contributed by atoms with E-state index >= 15 is 0 Å². The van der Waals surface area contributed by atoms with Crippen molar-refractivity contribution in [2.75, 3.05) is 0 Å². The van der Waals surface area contributed by atoms with E-state index < -0.39 is 0 Å². The van der Waals surface area contributed by atoms with Crippen LogP contribution in [0.5, 0.6) is 0 Å². The number of aromatic nitrogens is 2. The fourth-order valence-corrected chi connectivity index (χ4v) is 1.06. The maximum Gasteiger partial charge on any atom is 0.0762 e. The first-order chi connectivity index (χ1) is 6.09. The second kappa shape index (κ2) is 4.42. The monoisotopic (exact) mass is 181 g/mol. The van der Waals surface area contributed by atoms with Crippen LogP contribution in [0.15, 0.2) is 12.3 Å². The highest BCUT2D eigenvalue weighted by molar-refractivity contribution is 4.98. The zero-order chi connectivity index (χ0) is 9.84. The van der Waals surface area contributed by atoms with Crippen molar-refractivity contribution in [2.45, 2.75) is 33.4 Å². The molecule has 3 heteroatoms. The lowest BCUT2D eigenvalue weighted by Crippen LogP contribution is -2.30. The molecule has 1 aromatic rings. The van der Waals surface area contributed by atoms with Crippen molar-refractivity contribution in [3.8, 4) is 0 Å². The van der Waals surface area contributed by atoms with Gasteiger partial charge in [-0.25, -0.2) is 0 Å². The van der Waals surface area contributed by atoms with Gasteiger partial charge in [-0.1, -0.05) is 13.8 Å². The number of nitrogens with zero attached hydrogens (tertiary/aromatic N) is 2. The average molecular weight is 181 g/mol. The van der Waals surface area contributed by atoms with Crippen LogP contribution in [0.25, 0.3) is 0 Å². The maximum absolute atomic E-state index is 4.30. The first-order valence-corrected chi connectivity index (χ1v) is 4.81. The first kappa shape index (κ1) is 10.3. The number of aryl methyl sites for hydroxylation is 1. The van der Waals surface area contributed by atoms with Crippen LogP contribution in [0, 0.1) is 5.92 Å².